The standard InChI is InChI=1S/C22H26F2N6O/c1-15(17-9-5-4-6-10-17)27-22(26-14-20-29-28-16(2)30(20)3)25-13-18-11-7-8-12-19(18)31-21(23)24/h4-12,15,21H,13-14H2,1-3H3,(H2,25,26,27). The molecular weight excluding hydrogens is 402 g/mol. The van der Waals surface area contributed by atoms with Gasteiger partial charge in [-0.1, -0.05) is 48.5 Å². The number of aliphatic imine (C=N–C) groups is 1. The Morgan fingerprint density at radius 1 is 1.10 bits per heavy atom. The molecule has 0 aliphatic rings. The fourth-order valence-corrected chi connectivity index (χ4v) is 2.96. The van der Waals surface area contributed by atoms with Crippen LogP contribution in [0, 0.1) is 6.92 Å². The van der Waals surface area contributed by atoms with Crippen LogP contribution in [0.2, 0.25) is 0 Å². The third-order valence-corrected chi connectivity index (χ3v) is 4.85. The molecule has 3 aromatic rings. The molecule has 7 nitrogen and oxygen atoms in total. The second-order valence-electron chi connectivity index (χ2n) is 7.00. The van der Waals surface area contributed by atoms with Gasteiger partial charge in [-0.3, -0.25) is 0 Å². The summed E-state index contributed by atoms with van der Waals surface area (Å²) in [5, 5.41) is 14.8. The summed E-state index contributed by atoms with van der Waals surface area (Å²) in [6, 6.07) is 16.5. The Morgan fingerprint density at radius 3 is 2.48 bits per heavy atom. The van der Waals surface area contributed by atoms with Crippen LogP contribution in [-0.4, -0.2) is 27.3 Å². The molecule has 1 aromatic heterocycles. The lowest BCUT2D eigenvalue weighted by molar-refractivity contribution is -0.0504. The van der Waals surface area contributed by atoms with Crippen molar-refractivity contribution in [3.8, 4) is 5.75 Å². The van der Waals surface area contributed by atoms with Gasteiger partial charge >= 0.3 is 6.61 Å². The number of aryl methyl sites for hydroxylation is 1. The van der Waals surface area contributed by atoms with E-state index < -0.39 is 6.61 Å². The molecule has 1 unspecified atom stereocenters. The number of hydrogen-bond acceptors (Lipinski definition) is 4. The monoisotopic (exact) mass is 428 g/mol. The molecular formula is C22H26F2N6O. The number of rotatable bonds is 8. The van der Waals surface area contributed by atoms with E-state index in [0.717, 1.165) is 17.2 Å². The van der Waals surface area contributed by atoms with Crippen molar-refractivity contribution in [1.29, 1.82) is 0 Å². The average Bonchev–Trinajstić information content (AvgIpc) is 3.08. The number of halogens is 2. The van der Waals surface area contributed by atoms with E-state index in [-0.39, 0.29) is 18.3 Å². The van der Waals surface area contributed by atoms with Crippen LogP contribution >= 0.6 is 0 Å². The molecule has 1 atom stereocenters. The summed E-state index contributed by atoms with van der Waals surface area (Å²) in [6.45, 7) is 1.57. The molecule has 0 amide bonds. The fourth-order valence-electron chi connectivity index (χ4n) is 2.96. The molecule has 0 saturated carbocycles. The molecule has 0 radical (unpaired) electrons. The maximum atomic E-state index is 12.7. The highest BCUT2D eigenvalue weighted by molar-refractivity contribution is 5.80. The van der Waals surface area contributed by atoms with Crippen LogP contribution in [0.1, 0.15) is 35.7 Å². The molecule has 0 bridgehead atoms. The van der Waals surface area contributed by atoms with Crippen molar-refractivity contribution in [2.45, 2.75) is 39.6 Å². The number of para-hydroxylation sites is 1. The lowest BCUT2D eigenvalue weighted by atomic mass is 10.1. The summed E-state index contributed by atoms with van der Waals surface area (Å²) in [6.07, 6.45) is 0. The van der Waals surface area contributed by atoms with Crippen LogP contribution in [0.15, 0.2) is 59.6 Å². The van der Waals surface area contributed by atoms with Crippen LogP contribution in [0.3, 0.4) is 0 Å². The highest BCUT2D eigenvalue weighted by atomic mass is 19.3. The molecule has 9 heteroatoms. The summed E-state index contributed by atoms with van der Waals surface area (Å²) in [5.41, 5.74) is 1.65. The van der Waals surface area contributed by atoms with Crippen LogP contribution < -0.4 is 15.4 Å². The molecule has 1 heterocycles. The van der Waals surface area contributed by atoms with Gasteiger partial charge in [0.15, 0.2) is 11.8 Å². The Kier molecular flexibility index (Phi) is 7.53. The first kappa shape index (κ1) is 22.2. The van der Waals surface area contributed by atoms with Crippen molar-refractivity contribution in [2.24, 2.45) is 12.0 Å². The summed E-state index contributed by atoms with van der Waals surface area (Å²) in [5.74, 6) is 2.18. The number of nitrogens with zero attached hydrogens (tertiary/aromatic N) is 4. The van der Waals surface area contributed by atoms with E-state index in [4.69, 9.17) is 0 Å². The average molecular weight is 428 g/mol. The number of benzene rings is 2. The molecule has 2 N–H and O–H groups in total. The zero-order valence-electron chi connectivity index (χ0n) is 17.7. The molecule has 0 spiro atoms. The second-order valence-corrected chi connectivity index (χ2v) is 7.00. The number of guanidine groups is 1. The van der Waals surface area contributed by atoms with Crippen molar-refractivity contribution >= 4 is 5.96 Å². The lowest BCUT2D eigenvalue weighted by Crippen LogP contribution is -2.39. The zero-order chi connectivity index (χ0) is 22.2. The Hall–Kier alpha value is -3.49. The fraction of sp³-hybridized carbons (Fsp3) is 0.318. The van der Waals surface area contributed by atoms with Crippen molar-refractivity contribution in [2.75, 3.05) is 0 Å². The van der Waals surface area contributed by atoms with E-state index in [0.29, 0.717) is 18.1 Å². The van der Waals surface area contributed by atoms with Gasteiger partial charge in [0.05, 0.1) is 19.1 Å². The van der Waals surface area contributed by atoms with Crippen molar-refractivity contribution in [3.05, 3.63) is 77.4 Å². The lowest BCUT2D eigenvalue weighted by Gasteiger charge is -2.19. The summed E-state index contributed by atoms with van der Waals surface area (Å²) in [4.78, 5) is 4.59. The van der Waals surface area contributed by atoms with E-state index in [1.807, 2.05) is 55.8 Å². The van der Waals surface area contributed by atoms with Crippen LogP contribution in [0.5, 0.6) is 5.75 Å². The van der Waals surface area contributed by atoms with Crippen LogP contribution in [-0.2, 0) is 20.1 Å². The van der Waals surface area contributed by atoms with Gasteiger partial charge in [0.2, 0.25) is 0 Å². The Balaban J connectivity index is 1.78. The van der Waals surface area contributed by atoms with E-state index in [2.05, 4.69) is 30.6 Å². The van der Waals surface area contributed by atoms with Gasteiger partial charge in [0, 0.05) is 12.6 Å². The second kappa shape index (κ2) is 10.5. The Labute approximate surface area is 180 Å². The maximum absolute atomic E-state index is 12.7. The first-order valence-electron chi connectivity index (χ1n) is 9.91. The number of alkyl halides is 2. The highest BCUT2D eigenvalue weighted by Gasteiger charge is 2.12. The Morgan fingerprint density at radius 2 is 1.81 bits per heavy atom. The normalized spacial score (nSPS) is 12.6. The van der Waals surface area contributed by atoms with Crippen molar-refractivity contribution in [3.63, 3.8) is 0 Å². The minimum Gasteiger partial charge on any atom is -0.434 e. The molecule has 31 heavy (non-hydrogen) atoms. The minimum atomic E-state index is -2.89. The summed E-state index contributed by atoms with van der Waals surface area (Å²) >= 11 is 0. The topological polar surface area (TPSA) is 76.4 Å². The number of hydrogen-bond donors (Lipinski definition) is 2. The van der Waals surface area contributed by atoms with Gasteiger partial charge in [-0.25, -0.2) is 4.99 Å². The molecule has 2 aromatic carbocycles. The van der Waals surface area contributed by atoms with E-state index in [9.17, 15) is 8.78 Å². The van der Waals surface area contributed by atoms with Gasteiger partial charge in [-0.2, -0.15) is 8.78 Å². The predicted octanol–water partition coefficient (Wildman–Crippen LogP) is 3.72. The number of aromatic nitrogens is 3. The van der Waals surface area contributed by atoms with Crippen molar-refractivity contribution in [1.82, 2.24) is 25.4 Å². The quantitative estimate of drug-likeness (QED) is 0.422. The van der Waals surface area contributed by atoms with E-state index in [1.165, 1.54) is 6.07 Å². The number of ether oxygens (including phenoxy) is 1. The van der Waals surface area contributed by atoms with Gasteiger partial charge in [-0.05, 0) is 25.5 Å². The number of nitrogens with one attached hydrogen (secondary N) is 2. The summed E-state index contributed by atoms with van der Waals surface area (Å²) < 4.78 is 31.9. The molecule has 0 aliphatic heterocycles. The molecule has 164 valence electrons. The van der Waals surface area contributed by atoms with Gasteiger partial charge in [0.25, 0.3) is 0 Å². The largest absolute Gasteiger partial charge is 0.434 e. The third kappa shape index (κ3) is 6.24. The maximum Gasteiger partial charge on any atom is 0.387 e. The molecule has 0 fully saturated rings. The predicted molar refractivity (Wildman–Crippen MR) is 115 cm³/mol. The van der Waals surface area contributed by atoms with Crippen molar-refractivity contribution < 1.29 is 13.5 Å². The highest BCUT2D eigenvalue weighted by Crippen LogP contribution is 2.21. The zero-order valence-corrected chi connectivity index (χ0v) is 17.7. The SMILES string of the molecule is Cc1nnc(CNC(=NCc2ccccc2OC(F)F)NC(C)c2ccccc2)n1C. The van der Waals surface area contributed by atoms with Gasteiger partial charge in [0.1, 0.15) is 11.6 Å². The van der Waals surface area contributed by atoms with E-state index >= 15 is 0 Å². The molecule has 0 aliphatic carbocycles. The first-order valence-corrected chi connectivity index (χ1v) is 9.91. The van der Waals surface area contributed by atoms with Crippen LogP contribution in [0.25, 0.3) is 0 Å². The first-order chi connectivity index (χ1) is 14.9. The van der Waals surface area contributed by atoms with Gasteiger partial charge < -0.3 is 19.9 Å². The third-order valence-electron chi connectivity index (χ3n) is 4.85. The Bertz CT molecular complexity index is 1010. The molecule has 3 rings (SSSR count). The smallest absolute Gasteiger partial charge is 0.387 e. The summed E-state index contributed by atoms with van der Waals surface area (Å²) in [7, 11) is 1.89. The molecule has 0 saturated heterocycles. The van der Waals surface area contributed by atoms with E-state index in [1.54, 1.807) is 18.2 Å². The van der Waals surface area contributed by atoms with Gasteiger partial charge in [-0.15, -0.1) is 10.2 Å². The van der Waals surface area contributed by atoms with Crippen LogP contribution in [0.4, 0.5) is 8.78 Å². The minimum absolute atomic E-state index is 0.0266.